The largest absolute Gasteiger partial charge is 0.383 e. The van der Waals surface area contributed by atoms with Crippen molar-refractivity contribution < 1.29 is 4.74 Å². The smallest absolute Gasteiger partial charge is 0.0635 e. The van der Waals surface area contributed by atoms with Crippen molar-refractivity contribution in [2.75, 3.05) is 38.7 Å². The van der Waals surface area contributed by atoms with E-state index in [1.807, 2.05) is 12.3 Å². The zero-order chi connectivity index (χ0) is 11.9. The van der Waals surface area contributed by atoms with Crippen LogP contribution < -0.4 is 10.6 Å². The minimum absolute atomic E-state index is 0.612. The topological polar surface area (TPSA) is 46.2 Å². The Kier molecular flexibility index (Phi) is 4.76. The molecule has 17 heavy (non-hydrogen) atoms. The zero-order valence-corrected chi connectivity index (χ0v) is 10.4. The van der Waals surface area contributed by atoms with E-state index in [0.29, 0.717) is 5.92 Å². The Morgan fingerprint density at radius 1 is 1.47 bits per heavy atom. The summed E-state index contributed by atoms with van der Waals surface area (Å²) in [4.78, 5) is 4.49. The van der Waals surface area contributed by atoms with E-state index in [0.717, 1.165) is 31.9 Å². The number of hydrogen-bond acceptors (Lipinski definition) is 4. The first-order chi connectivity index (χ1) is 8.40. The normalized spacial score (nSPS) is 17.0. The maximum atomic E-state index is 5.02. The summed E-state index contributed by atoms with van der Waals surface area (Å²) in [7, 11) is 1.72. The second-order valence-corrected chi connectivity index (χ2v) is 4.41. The zero-order valence-electron chi connectivity index (χ0n) is 10.4. The minimum atomic E-state index is 0.612. The molecule has 0 amide bonds. The molecule has 0 atom stereocenters. The molecule has 1 aliphatic heterocycles. The van der Waals surface area contributed by atoms with E-state index < -0.39 is 0 Å². The summed E-state index contributed by atoms with van der Waals surface area (Å²) in [5.74, 6) is 0.612. The standard InChI is InChI=1S/C13H21N3O/c1-17-9-8-15-12-4-7-16-13(10-12)11-2-5-14-6-3-11/h4,7,10-11,14H,2-3,5-6,8-9H2,1H3,(H,15,16). The quantitative estimate of drug-likeness (QED) is 0.761. The highest BCUT2D eigenvalue weighted by atomic mass is 16.5. The predicted molar refractivity (Wildman–Crippen MR) is 69.4 cm³/mol. The molecule has 4 heteroatoms. The number of aromatic nitrogens is 1. The SMILES string of the molecule is COCCNc1ccnc(C2CCNCC2)c1. The van der Waals surface area contributed by atoms with E-state index in [2.05, 4.69) is 21.7 Å². The molecule has 94 valence electrons. The van der Waals surface area contributed by atoms with Crippen molar-refractivity contribution in [2.45, 2.75) is 18.8 Å². The summed E-state index contributed by atoms with van der Waals surface area (Å²) in [6.45, 7) is 3.78. The van der Waals surface area contributed by atoms with E-state index in [-0.39, 0.29) is 0 Å². The first kappa shape index (κ1) is 12.3. The molecule has 1 aromatic rings. The molecular formula is C13H21N3O. The Balaban J connectivity index is 1.95. The van der Waals surface area contributed by atoms with Gasteiger partial charge in [0.05, 0.1) is 6.61 Å². The van der Waals surface area contributed by atoms with Gasteiger partial charge in [0, 0.05) is 37.2 Å². The van der Waals surface area contributed by atoms with Gasteiger partial charge in [0.25, 0.3) is 0 Å². The average Bonchev–Trinajstić information content (AvgIpc) is 2.41. The Labute approximate surface area is 103 Å². The fraction of sp³-hybridized carbons (Fsp3) is 0.615. The molecule has 0 bridgehead atoms. The molecule has 4 nitrogen and oxygen atoms in total. The van der Waals surface area contributed by atoms with Crippen LogP contribution in [-0.4, -0.2) is 38.3 Å². The highest BCUT2D eigenvalue weighted by molar-refractivity contribution is 5.43. The third-order valence-corrected chi connectivity index (χ3v) is 3.17. The number of nitrogens with one attached hydrogen (secondary N) is 2. The molecule has 1 fully saturated rings. The highest BCUT2D eigenvalue weighted by Crippen LogP contribution is 2.24. The van der Waals surface area contributed by atoms with Crippen molar-refractivity contribution in [3.8, 4) is 0 Å². The van der Waals surface area contributed by atoms with Crippen LogP contribution in [0.2, 0.25) is 0 Å². The lowest BCUT2D eigenvalue weighted by molar-refractivity contribution is 0.211. The van der Waals surface area contributed by atoms with Crippen LogP contribution in [0.15, 0.2) is 18.3 Å². The van der Waals surface area contributed by atoms with Crippen LogP contribution in [0.25, 0.3) is 0 Å². The summed E-state index contributed by atoms with van der Waals surface area (Å²) in [6, 6.07) is 4.19. The third-order valence-electron chi connectivity index (χ3n) is 3.17. The number of methoxy groups -OCH3 is 1. The van der Waals surface area contributed by atoms with E-state index in [1.54, 1.807) is 7.11 Å². The van der Waals surface area contributed by atoms with Crippen molar-refractivity contribution >= 4 is 5.69 Å². The maximum Gasteiger partial charge on any atom is 0.0635 e. The van der Waals surface area contributed by atoms with Crippen LogP contribution in [0.4, 0.5) is 5.69 Å². The number of nitrogens with zero attached hydrogens (tertiary/aromatic N) is 1. The van der Waals surface area contributed by atoms with Crippen molar-refractivity contribution in [1.82, 2.24) is 10.3 Å². The molecule has 1 saturated heterocycles. The first-order valence-electron chi connectivity index (χ1n) is 6.29. The molecular weight excluding hydrogens is 214 g/mol. The van der Waals surface area contributed by atoms with E-state index in [4.69, 9.17) is 4.74 Å². The van der Waals surface area contributed by atoms with E-state index >= 15 is 0 Å². The fourth-order valence-electron chi connectivity index (χ4n) is 2.20. The number of rotatable bonds is 5. The monoisotopic (exact) mass is 235 g/mol. The van der Waals surface area contributed by atoms with Crippen molar-refractivity contribution in [2.24, 2.45) is 0 Å². The average molecular weight is 235 g/mol. The Hall–Kier alpha value is -1.13. The molecule has 0 unspecified atom stereocenters. The summed E-state index contributed by atoms with van der Waals surface area (Å²) in [5.41, 5.74) is 2.36. The van der Waals surface area contributed by atoms with Crippen LogP contribution >= 0.6 is 0 Å². The van der Waals surface area contributed by atoms with Crippen LogP contribution in [0, 0.1) is 0 Å². The van der Waals surface area contributed by atoms with Crippen LogP contribution in [0.3, 0.4) is 0 Å². The van der Waals surface area contributed by atoms with E-state index in [1.165, 1.54) is 18.5 Å². The minimum Gasteiger partial charge on any atom is -0.383 e. The van der Waals surface area contributed by atoms with Gasteiger partial charge in [0.15, 0.2) is 0 Å². The highest BCUT2D eigenvalue weighted by Gasteiger charge is 2.16. The lowest BCUT2D eigenvalue weighted by Gasteiger charge is -2.22. The Morgan fingerprint density at radius 3 is 3.06 bits per heavy atom. The van der Waals surface area contributed by atoms with Crippen LogP contribution in [-0.2, 0) is 4.74 Å². The molecule has 1 aliphatic rings. The molecule has 2 rings (SSSR count). The molecule has 0 spiro atoms. The lowest BCUT2D eigenvalue weighted by Crippen LogP contribution is -2.27. The second-order valence-electron chi connectivity index (χ2n) is 4.41. The van der Waals surface area contributed by atoms with Gasteiger partial charge in [-0.2, -0.15) is 0 Å². The first-order valence-corrected chi connectivity index (χ1v) is 6.29. The van der Waals surface area contributed by atoms with E-state index in [9.17, 15) is 0 Å². The number of piperidine rings is 1. The lowest BCUT2D eigenvalue weighted by atomic mass is 9.94. The molecule has 1 aromatic heterocycles. The van der Waals surface area contributed by atoms with Gasteiger partial charge in [-0.1, -0.05) is 0 Å². The number of ether oxygens (including phenoxy) is 1. The molecule has 0 aromatic carbocycles. The van der Waals surface area contributed by atoms with Gasteiger partial charge in [-0.15, -0.1) is 0 Å². The molecule has 0 aliphatic carbocycles. The summed E-state index contributed by atoms with van der Waals surface area (Å²) in [5, 5.41) is 6.73. The Morgan fingerprint density at radius 2 is 2.29 bits per heavy atom. The van der Waals surface area contributed by atoms with Gasteiger partial charge in [0.1, 0.15) is 0 Å². The second kappa shape index (κ2) is 6.57. The molecule has 0 saturated carbocycles. The molecule has 2 heterocycles. The van der Waals surface area contributed by atoms with Gasteiger partial charge < -0.3 is 15.4 Å². The van der Waals surface area contributed by atoms with Gasteiger partial charge >= 0.3 is 0 Å². The molecule has 0 radical (unpaired) electrons. The van der Waals surface area contributed by atoms with Crippen LogP contribution in [0.1, 0.15) is 24.5 Å². The predicted octanol–water partition coefficient (Wildman–Crippen LogP) is 1.61. The van der Waals surface area contributed by atoms with Gasteiger partial charge in [0.2, 0.25) is 0 Å². The van der Waals surface area contributed by atoms with Crippen molar-refractivity contribution in [1.29, 1.82) is 0 Å². The summed E-state index contributed by atoms with van der Waals surface area (Å²) >= 11 is 0. The number of pyridine rings is 1. The summed E-state index contributed by atoms with van der Waals surface area (Å²) in [6.07, 6.45) is 4.27. The van der Waals surface area contributed by atoms with Crippen molar-refractivity contribution in [3.05, 3.63) is 24.0 Å². The van der Waals surface area contributed by atoms with Gasteiger partial charge in [-0.25, -0.2) is 0 Å². The van der Waals surface area contributed by atoms with Gasteiger partial charge in [-0.05, 0) is 38.1 Å². The summed E-state index contributed by atoms with van der Waals surface area (Å²) < 4.78 is 5.02. The number of hydrogen-bond donors (Lipinski definition) is 2. The number of anilines is 1. The maximum absolute atomic E-state index is 5.02. The molecule has 2 N–H and O–H groups in total. The fourth-order valence-corrected chi connectivity index (χ4v) is 2.20. The van der Waals surface area contributed by atoms with Crippen LogP contribution in [0.5, 0.6) is 0 Å². The Bertz CT molecular complexity index is 337. The third kappa shape index (κ3) is 3.68. The van der Waals surface area contributed by atoms with Gasteiger partial charge in [-0.3, -0.25) is 4.98 Å². The van der Waals surface area contributed by atoms with Crippen molar-refractivity contribution in [3.63, 3.8) is 0 Å².